The molecule has 2 unspecified atom stereocenters. The Morgan fingerprint density at radius 3 is 2.39 bits per heavy atom. The van der Waals surface area contributed by atoms with Crippen LogP contribution >= 0.6 is 7.37 Å². The van der Waals surface area contributed by atoms with Crippen molar-refractivity contribution in [2.75, 3.05) is 26.9 Å². The van der Waals surface area contributed by atoms with Crippen LogP contribution in [0.1, 0.15) is 46.1 Å². The van der Waals surface area contributed by atoms with E-state index in [0.717, 1.165) is 19.1 Å². The molecule has 1 saturated heterocycles. The summed E-state index contributed by atoms with van der Waals surface area (Å²) < 4.78 is 28.9. The summed E-state index contributed by atoms with van der Waals surface area (Å²) in [5.41, 5.74) is 0.0623. The number of hydrogen-bond donors (Lipinski definition) is 2. The summed E-state index contributed by atoms with van der Waals surface area (Å²) in [5.74, 6) is -3.33. The summed E-state index contributed by atoms with van der Waals surface area (Å²) in [7, 11) is -1.58. The number of methoxy groups -OCH3 is 2. The van der Waals surface area contributed by atoms with Gasteiger partial charge in [0.15, 0.2) is 0 Å². The van der Waals surface area contributed by atoms with Gasteiger partial charge in [-0.3, -0.25) is 14.2 Å². The van der Waals surface area contributed by atoms with Gasteiger partial charge in [0.25, 0.3) is 0 Å². The van der Waals surface area contributed by atoms with Crippen LogP contribution in [0.15, 0.2) is 30.3 Å². The molecule has 2 amide bonds. The van der Waals surface area contributed by atoms with Crippen molar-refractivity contribution < 1.29 is 38.1 Å². The van der Waals surface area contributed by atoms with Crippen molar-refractivity contribution in [3.63, 3.8) is 0 Å². The lowest BCUT2D eigenvalue weighted by Crippen LogP contribution is -2.52. The van der Waals surface area contributed by atoms with Gasteiger partial charge in [-0.15, -0.1) is 0 Å². The molecule has 36 heavy (non-hydrogen) atoms. The van der Waals surface area contributed by atoms with E-state index in [1.54, 1.807) is 56.9 Å². The zero-order valence-corrected chi connectivity index (χ0v) is 22.8. The minimum atomic E-state index is -4.18. The fourth-order valence-corrected chi connectivity index (χ4v) is 5.86. The fraction of sp³-hybridized carbons (Fsp3) is 0.640. The number of benzene rings is 1. The largest absolute Gasteiger partial charge is 0.469 e. The fourth-order valence-electron chi connectivity index (χ4n) is 4.31. The van der Waals surface area contributed by atoms with Crippen LogP contribution in [0.25, 0.3) is 0 Å². The third kappa shape index (κ3) is 8.32. The molecule has 1 aromatic carbocycles. The SMILES string of the molecule is COC(=O)CP(=O)(O)[C@H](Cc1ccccc1)NC(=O)[C@H](C)[C@@H](OC)C1CCCN1C(=O)OC(C)(C)C. The van der Waals surface area contributed by atoms with Gasteiger partial charge in [0.1, 0.15) is 17.5 Å². The van der Waals surface area contributed by atoms with E-state index in [0.29, 0.717) is 13.0 Å². The Morgan fingerprint density at radius 1 is 1.19 bits per heavy atom. The van der Waals surface area contributed by atoms with Gasteiger partial charge in [0.05, 0.1) is 25.2 Å². The predicted molar refractivity (Wildman–Crippen MR) is 135 cm³/mol. The Hall–Kier alpha value is -2.42. The number of nitrogens with one attached hydrogen (secondary N) is 1. The highest BCUT2D eigenvalue weighted by Gasteiger charge is 2.43. The number of amides is 2. The normalized spacial score (nSPS) is 20.1. The van der Waals surface area contributed by atoms with Gasteiger partial charge in [0, 0.05) is 20.1 Å². The summed E-state index contributed by atoms with van der Waals surface area (Å²) in [5, 5.41) is 2.68. The molecule has 1 aliphatic heterocycles. The van der Waals surface area contributed by atoms with Crippen LogP contribution in [-0.4, -0.2) is 78.2 Å². The highest BCUT2D eigenvalue weighted by Crippen LogP contribution is 2.46. The van der Waals surface area contributed by atoms with Crippen LogP contribution in [0.4, 0.5) is 4.79 Å². The predicted octanol–water partition coefficient (Wildman–Crippen LogP) is 3.17. The van der Waals surface area contributed by atoms with E-state index in [4.69, 9.17) is 9.47 Å². The molecule has 0 radical (unpaired) electrons. The minimum Gasteiger partial charge on any atom is -0.469 e. The van der Waals surface area contributed by atoms with E-state index in [-0.39, 0.29) is 6.42 Å². The molecule has 5 atom stereocenters. The van der Waals surface area contributed by atoms with Crippen molar-refractivity contribution in [2.24, 2.45) is 5.92 Å². The third-order valence-corrected chi connectivity index (χ3v) is 8.13. The molecule has 0 saturated carbocycles. The summed E-state index contributed by atoms with van der Waals surface area (Å²) in [4.78, 5) is 50.2. The Labute approximate surface area is 213 Å². The van der Waals surface area contributed by atoms with Crippen molar-refractivity contribution >= 4 is 25.3 Å². The lowest BCUT2D eigenvalue weighted by Gasteiger charge is -2.35. The molecule has 11 heteroatoms. The van der Waals surface area contributed by atoms with Crippen molar-refractivity contribution in [1.29, 1.82) is 0 Å². The molecule has 0 spiro atoms. The first kappa shape index (κ1) is 29.8. The van der Waals surface area contributed by atoms with E-state index in [2.05, 4.69) is 10.1 Å². The first-order valence-corrected chi connectivity index (χ1v) is 14.0. The molecule has 0 aliphatic carbocycles. The number of carbonyl (C=O) groups is 3. The smallest absolute Gasteiger partial charge is 0.410 e. The number of rotatable bonds is 10. The van der Waals surface area contributed by atoms with E-state index < -0.39 is 60.9 Å². The molecule has 1 aromatic rings. The summed E-state index contributed by atoms with van der Waals surface area (Å²) in [6, 6.07) is 8.53. The van der Waals surface area contributed by atoms with Gasteiger partial charge in [-0.25, -0.2) is 4.79 Å². The number of nitrogens with zero attached hydrogens (tertiary/aromatic N) is 1. The van der Waals surface area contributed by atoms with Crippen LogP contribution in [0.5, 0.6) is 0 Å². The molecule has 2 N–H and O–H groups in total. The Bertz CT molecular complexity index is 949. The molecule has 0 bridgehead atoms. The lowest BCUT2D eigenvalue weighted by molar-refractivity contribution is -0.137. The van der Waals surface area contributed by atoms with Crippen molar-refractivity contribution in [3.8, 4) is 0 Å². The van der Waals surface area contributed by atoms with Gasteiger partial charge in [-0.05, 0) is 39.2 Å². The Kier molecular flexibility index (Phi) is 10.5. The third-order valence-electron chi connectivity index (χ3n) is 6.14. The lowest BCUT2D eigenvalue weighted by atomic mass is 9.95. The van der Waals surface area contributed by atoms with Crippen LogP contribution in [0.2, 0.25) is 0 Å². The van der Waals surface area contributed by atoms with Crippen LogP contribution in [0, 0.1) is 5.92 Å². The van der Waals surface area contributed by atoms with Gasteiger partial charge >= 0.3 is 12.1 Å². The molecule has 1 heterocycles. The maximum absolute atomic E-state index is 13.3. The molecule has 1 aliphatic rings. The minimum absolute atomic E-state index is 0.0508. The van der Waals surface area contributed by atoms with Crippen molar-refractivity contribution in [2.45, 2.75) is 70.5 Å². The average molecular weight is 527 g/mol. The maximum atomic E-state index is 13.3. The van der Waals surface area contributed by atoms with Crippen molar-refractivity contribution in [3.05, 3.63) is 35.9 Å². The van der Waals surface area contributed by atoms with Crippen LogP contribution in [-0.2, 0) is 34.8 Å². The topological polar surface area (TPSA) is 131 Å². The van der Waals surface area contributed by atoms with Gasteiger partial charge in [-0.2, -0.15) is 0 Å². The highest BCUT2D eigenvalue weighted by atomic mass is 31.2. The number of carbonyl (C=O) groups excluding carboxylic acids is 3. The van der Waals surface area contributed by atoms with E-state index in [9.17, 15) is 23.8 Å². The maximum Gasteiger partial charge on any atom is 0.410 e. The quantitative estimate of drug-likeness (QED) is 0.351. The van der Waals surface area contributed by atoms with Gasteiger partial charge in [0.2, 0.25) is 13.3 Å². The second-order valence-electron chi connectivity index (χ2n) is 10.1. The molecule has 1 fully saturated rings. The van der Waals surface area contributed by atoms with E-state index in [1.807, 2.05) is 6.07 Å². The summed E-state index contributed by atoms with van der Waals surface area (Å²) in [6.07, 6.45) is -0.452. The molecule has 2 rings (SSSR count). The molecule has 10 nitrogen and oxygen atoms in total. The average Bonchev–Trinajstić information content (AvgIpc) is 3.28. The standard InChI is InChI=1S/C25H39N2O8P/c1-17(22(34-6)19-13-10-14-27(19)24(30)35-25(2,3)4)23(29)26-20(15-18-11-8-7-9-12-18)36(31,32)16-21(28)33-5/h7-9,11-12,17,19-20,22H,10,13-16H2,1-6H3,(H,26,29)(H,31,32)/t17-,19?,20-,22-/m1/s1. The zero-order valence-electron chi connectivity index (χ0n) is 21.9. The number of likely N-dealkylation sites (tertiary alicyclic amines) is 1. The van der Waals surface area contributed by atoms with Gasteiger partial charge < -0.3 is 29.3 Å². The van der Waals surface area contributed by atoms with E-state index >= 15 is 0 Å². The number of esters is 1. The molecule has 202 valence electrons. The summed E-state index contributed by atoms with van der Waals surface area (Å²) in [6.45, 7) is 7.49. The first-order chi connectivity index (χ1) is 16.8. The van der Waals surface area contributed by atoms with Crippen LogP contribution < -0.4 is 5.32 Å². The molecular formula is C25H39N2O8P. The molecule has 0 aromatic heterocycles. The van der Waals surface area contributed by atoms with Gasteiger partial charge in [-0.1, -0.05) is 37.3 Å². The second-order valence-corrected chi connectivity index (χ2v) is 12.5. The Balaban J connectivity index is 2.22. The van der Waals surface area contributed by atoms with Crippen molar-refractivity contribution in [1.82, 2.24) is 10.2 Å². The van der Waals surface area contributed by atoms with E-state index in [1.165, 1.54) is 7.11 Å². The monoisotopic (exact) mass is 526 g/mol. The zero-order chi connectivity index (χ0) is 27.1. The summed E-state index contributed by atoms with van der Waals surface area (Å²) >= 11 is 0. The first-order valence-electron chi connectivity index (χ1n) is 12.0. The number of ether oxygens (including phenoxy) is 3. The number of hydrogen-bond acceptors (Lipinski definition) is 7. The second kappa shape index (κ2) is 12.7. The highest BCUT2D eigenvalue weighted by molar-refractivity contribution is 7.59. The van der Waals surface area contributed by atoms with Crippen LogP contribution in [0.3, 0.4) is 0 Å². The Morgan fingerprint density at radius 2 is 1.83 bits per heavy atom. The molecular weight excluding hydrogens is 487 g/mol.